The third kappa shape index (κ3) is 5.70. The number of hydrogen-bond donors (Lipinski definition) is 0. The molecule has 0 aliphatic carbocycles. The molecule has 1 aliphatic rings. The maximum Gasteiger partial charge on any atom is 0.415 e. The van der Waals surface area contributed by atoms with Crippen molar-refractivity contribution in [2.45, 2.75) is 78.4 Å². The summed E-state index contributed by atoms with van der Waals surface area (Å²) in [7, 11) is 0. The third-order valence-corrected chi connectivity index (χ3v) is 4.77. The van der Waals surface area contributed by atoms with Crippen LogP contribution in [0.15, 0.2) is 18.3 Å². The fourth-order valence-corrected chi connectivity index (χ4v) is 3.45. The maximum absolute atomic E-state index is 12.4. The second-order valence-electron chi connectivity index (χ2n) is 8.08. The molecule has 1 saturated heterocycles. The SMILES string of the molecule is CCCCN1CCCC[C@@H]1c1ccc(N(CC)C(=O)OC(C)(C)C)nc1. The van der Waals surface area contributed by atoms with Crippen molar-refractivity contribution in [3.8, 4) is 0 Å². The Morgan fingerprint density at radius 2 is 2.08 bits per heavy atom. The molecule has 1 aromatic heterocycles. The summed E-state index contributed by atoms with van der Waals surface area (Å²) in [5.74, 6) is 0.654. The summed E-state index contributed by atoms with van der Waals surface area (Å²) < 4.78 is 5.49. The molecule has 0 unspecified atom stereocenters. The van der Waals surface area contributed by atoms with Gasteiger partial charge < -0.3 is 4.74 Å². The highest BCUT2D eigenvalue weighted by atomic mass is 16.6. The molecule has 0 saturated carbocycles. The Morgan fingerprint density at radius 1 is 1.31 bits per heavy atom. The molecular weight excluding hydrogens is 326 g/mol. The smallest absolute Gasteiger partial charge is 0.415 e. The van der Waals surface area contributed by atoms with Crippen molar-refractivity contribution in [1.82, 2.24) is 9.88 Å². The number of anilines is 1. The highest BCUT2D eigenvalue weighted by Gasteiger charge is 2.25. The van der Waals surface area contributed by atoms with Crippen molar-refractivity contribution in [2.75, 3.05) is 24.5 Å². The summed E-state index contributed by atoms with van der Waals surface area (Å²) in [6, 6.07) is 4.54. The number of amides is 1. The van der Waals surface area contributed by atoms with Gasteiger partial charge in [0.25, 0.3) is 0 Å². The van der Waals surface area contributed by atoms with Gasteiger partial charge in [0, 0.05) is 18.8 Å². The second kappa shape index (κ2) is 9.36. The van der Waals surface area contributed by atoms with Gasteiger partial charge >= 0.3 is 6.09 Å². The highest BCUT2D eigenvalue weighted by molar-refractivity contribution is 5.86. The lowest BCUT2D eigenvalue weighted by Crippen LogP contribution is -2.37. The van der Waals surface area contributed by atoms with Gasteiger partial charge in [-0.25, -0.2) is 9.78 Å². The van der Waals surface area contributed by atoms with Crippen LogP contribution in [0.1, 0.15) is 78.3 Å². The number of aromatic nitrogens is 1. The van der Waals surface area contributed by atoms with Crippen LogP contribution < -0.4 is 4.90 Å². The van der Waals surface area contributed by atoms with E-state index in [2.05, 4.69) is 22.9 Å². The molecule has 2 heterocycles. The molecule has 0 spiro atoms. The number of likely N-dealkylation sites (tertiary alicyclic amines) is 1. The number of piperidine rings is 1. The van der Waals surface area contributed by atoms with E-state index in [0.717, 1.165) is 6.54 Å². The molecular formula is C21H35N3O2. The first-order valence-electron chi connectivity index (χ1n) is 10.1. The standard InChI is InChI=1S/C21H35N3O2/c1-6-8-14-23-15-10-9-11-18(23)17-12-13-19(22-16-17)24(7-2)20(25)26-21(3,4)5/h12-13,16,18H,6-11,14-15H2,1-5H3/t18-/m1/s1. The number of hydrogen-bond acceptors (Lipinski definition) is 4. The lowest BCUT2D eigenvalue weighted by molar-refractivity contribution is 0.0581. The van der Waals surface area contributed by atoms with Crippen molar-refractivity contribution < 1.29 is 9.53 Å². The van der Waals surface area contributed by atoms with Crippen LogP contribution >= 0.6 is 0 Å². The van der Waals surface area contributed by atoms with Crippen molar-refractivity contribution in [2.24, 2.45) is 0 Å². The average Bonchev–Trinajstić information content (AvgIpc) is 2.60. The largest absolute Gasteiger partial charge is 0.443 e. The summed E-state index contributed by atoms with van der Waals surface area (Å²) in [6.07, 6.45) is 7.81. The summed E-state index contributed by atoms with van der Waals surface area (Å²) >= 11 is 0. The lowest BCUT2D eigenvalue weighted by atomic mass is 9.96. The Hall–Kier alpha value is -1.62. The molecule has 5 heteroatoms. The minimum Gasteiger partial charge on any atom is -0.443 e. The first kappa shape index (κ1) is 20.7. The summed E-state index contributed by atoms with van der Waals surface area (Å²) in [5.41, 5.74) is 0.747. The minimum atomic E-state index is -0.508. The Balaban J connectivity index is 2.11. The van der Waals surface area contributed by atoms with Crippen LogP contribution in [-0.2, 0) is 4.74 Å². The molecule has 1 fully saturated rings. The predicted octanol–water partition coefficient (Wildman–Crippen LogP) is 5.17. The predicted molar refractivity (Wildman–Crippen MR) is 107 cm³/mol. The minimum absolute atomic E-state index is 0.345. The molecule has 2 rings (SSSR count). The molecule has 0 aromatic carbocycles. The van der Waals surface area contributed by atoms with Crippen LogP contribution in [0.3, 0.4) is 0 Å². The fourth-order valence-electron chi connectivity index (χ4n) is 3.45. The topological polar surface area (TPSA) is 45.7 Å². The maximum atomic E-state index is 12.4. The van der Waals surface area contributed by atoms with Crippen LogP contribution in [0.2, 0.25) is 0 Å². The van der Waals surface area contributed by atoms with Crippen LogP contribution in [0.5, 0.6) is 0 Å². The number of rotatable bonds is 6. The number of pyridine rings is 1. The zero-order valence-electron chi connectivity index (χ0n) is 17.1. The van der Waals surface area contributed by atoms with Gasteiger partial charge in [0.05, 0.1) is 0 Å². The molecule has 5 nitrogen and oxygen atoms in total. The van der Waals surface area contributed by atoms with E-state index < -0.39 is 5.60 Å². The van der Waals surface area contributed by atoms with Crippen LogP contribution in [0, 0.1) is 0 Å². The molecule has 26 heavy (non-hydrogen) atoms. The van der Waals surface area contributed by atoms with Crippen molar-refractivity contribution in [1.29, 1.82) is 0 Å². The van der Waals surface area contributed by atoms with Crippen LogP contribution in [0.25, 0.3) is 0 Å². The molecule has 1 amide bonds. The summed E-state index contributed by atoms with van der Waals surface area (Å²) in [5, 5.41) is 0. The van der Waals surface area contributed by atoms with E-state index in [-0.39, 0.29) is 6.09 Å². The monoisotopic (exact) mass is 361 g/mol. The molecule has 0 bridgehead atoms. The molecule has 1 atom stereocenters. The van der Waals surface area contributed by atoms with E-state index in [0.29, 0.717) is 18.4 Å². The van der Waals surface area contributed by atoms with Gasteiger partial charge in [-0.2, -0.15) is 0 Å². The molecule has 146 valence electrons. The van der Waals surface area contributed by atoms with Gasteiger partial charge in [0.1, 0.15) is 11.4 Å². The summed E-state index contributed by atoms with van der Waals surface area (Å²) in [4.78, 5) is 21.2. The third-order valence-electron chi connectivity index (χ3n) is 4.77. The molecule has 1 aromatic rings. The van der Waals surface area contributed by atoms with Crippen molar-refractivity contribution >= 4 is 11.9 Å². The quantitative estimate of drug-likeness (QED) is 0.701. The zero-order valence-corrected chi connectivity index (χ0v) is 17.1. The van der Waals surface area contributed by atoms with Gasteiger partial charge in [-0.05, 0) is 71.7 Å². The van der Waals surface area contributed by atoms with Gasteiger partial charge in [0.15, 0.2) is 0 Å². The molecule has 0 N–H and O–H groups in total. The molecule has 1 aliphatic heterocycles. The van der Waals surface area contributed by atoms with E-state index in [9.17, 15) is 4.79 Å². The lowest BCUT2D eigenvalue weighted by Gasteiger charge is -2.36. The Bertz CT molecular complexity index is 566. The summed E-state index contributed by atoms with van der Waals surface area (Å²) in [6.45, 7) is 12.7. The van der Waals surface area contributed by atoms with E-state index in [1.54, 1.807) is 4.90 Å². The normalized spacial score (nSPS) is 18.6. The van der Waals surface area contributed by atoms with Crippen molar-refractivity contribution in [3.63, 3.8) is 0 Å². The highest BCUT2D eigenvalue weighted by Crippen LogP contribution is 2.31. The fraction of sp³-hybridized carbons (Fsp3) is 0.714. The number of nitrogens with zero attached hydrogens (tertiary/aromatic N) is 3. The number of carbonyl (C=O) groups is 1. The second-order valence-corrected chi connectivity index (χ2v) is 8.08. The van der Waals surface area contributed by atoms with E-state index in [1.807, 2.05) is 40.0 Å². The van der Waals surface area contributed by atoms with E-state index in [1.165, 1.54) is 44.2 Å². The van der Waals surface area contributed by atoms with Crippen LogP contribution in [-0.4, -0.2) is 41.2 Å². The first-order chi connectivity index (χ1) is 12.4. The average molecular weight is 362 g/mol. The molecule has 0 radical (unpaired) electrons. The van der Waals surface area contributed by atoms with Gasteiger partial charge in [0.2, 0.25) is 0 Å². The number of ether oxygens (including phenoxy) is 1. The van der Waals surface area contributed by atoms with Gasteiger partial charge in [-0.15, -0.1) is 0 Å². The van der Waals surface area contributed by atoms with Crippen molar-refractivity contribution in [3.05, 3.63) is 23.9 Å². The Morgan fingerprint density at radius 3 is 2.65 bits per heavy atom. The number of carbonyl (C=O) groups excluding carboxylic acids is 1. The van der Waals surface area contributed by atoms with E-state index >= 15 is 0 Å². The first-order valence-corrected chi connectivity index (χ1v) is 10.1. The van der Waals surface area contributed by atoms with Gasteiger partial charge in [-0.3, -0.25) is 9.80 Å². The van der Waals surface area contributed by atoms with Crippen LogP contribution in [0.4, 0.5) is 10.6 Å². The van der Waals surface area contributed by atoms with E-state index in [4.69, 9.17) is 4.74 Å². The zero-order chi connectivity index (χ0) is 19.2. The Labute approximate surface area is 158 Å². The Kier molecular flexibility index (Phi) is 7.44. The number of unbranched alkanes of at least 4 members (excludes halogenated alkanes) is 1. The van der Waals surface area contributed by atoms with Gasteiger partial charge in [-0.1, -0.05) is 25.8 Å².